The lowest BCUT2D eigenvalue weighted by Gasteiger charge is -2.18. The molecular weight excluding hydrogens is 454 g/mol. The lowest BCUT2D eigenvalue weighted by Crippen LogP contribution is -2.37. The molecule has 1 aliphatic rings. The van der Waals surface area contributed by atoms with Crippen LogP contribution in [0.15, 0.2) is 71.3 Å². The SMILES string of the molecule is O=C(O)CC(c1ccc2ccc(OCC(=O)NC3CCCCCC3)cc2c1)c1ccc2occc2c1. The third kappa shape index (κ3) is 5.70. The van der Waals surface area contributed by atoms with E-state index in [-0.39, 0.29) is 30.9 Å². The molecule has 36 heavy (non-hydrogen) atoms. The van der Waals surface area contributed by atoms with Gasteiger partial charge in [-0.25, -0.2) is 0 Å². The number of benzene rings is 3. The van der Waals surface area contributed by atoms with Gasteiger partial charge in [0.1, 0.15) is 11.3 Å². The molecule has 1 amide bonds. The van der Waals surface area contributed by atoms with Gasteiger partial charge in [0, 0.05) is 17.3 Å². The van der Waals surface area contributed by atoms with Crippen molar-refractivity contribution >= 4 is 33.6 Å². The molecule has 5 rings (SSSR count). The fourth-order valence-corrected chi connectivity index (χ4v) is 5.20. The van der Waals surface area contributed by atoms with Gasteiger partial charge < -0.3 is 19.6 Å². The Morgan fingerprint density at radius 1 is 0.889 bits per heavy atom. The normalized spacial score (nSPS) is 15.4. The number of nitrogens with one attached hydrogen (secondary N) is 1. The van der Waals surface area contributed by atoms with Crippen molar-refractivity contribution in [1.29, 1.82) is 0 Å². The Balaban J connectivity index is 1.33. The molecule has 186 valence electrons. The first kappa shape index (κ1) is 23.9. The van der Waals surface area contributed by atoms with E-state index >= 15 is 0 Å². The van der Waals surface area contributed by atoms with Crippen molar-refractivity contribution < 1.29 is 23.8 Å². The second-order valence-corrected chi connectivity index (χ2v) is 9.68. The van der Waals surface area contributed by atoms with E-state index in [1.54, 1.807) is 6.26 Å². The highest BCUT2D eigenvalue weighted by Crippen LogP contribution is 2.33. The minimum atomic E-state index is -0.857. The summed E-state index contributed by atoms with van der Waals surface area (Å²) in [7, 11) is 0. The lowest BCUT2D eigenvalue weighted by molar-refractivity contribution is -0.137. The van der Waals surface area contributed by atoms with Crippen molar-refractivity contribution in [3.63, 3.8) is 0 Å². The number of rotatable bonds is 8. The molecule has 0 saturated heterocycles. The van der Waals surface area contributed by atoms with E-state index < -0.39 is 5.97 Å². The molecule has 1 aliphatic carbocycles. The molecule has 2 N–H and O–H groups in total. The summed E-state index contributed by atoms with van der Waals surface area (Å²) in [5, 5.41) is 15.6. The van der Waals surface area contributed by atoms with Crippen molar-refractivity contribution in [3.8, 4) is 5.75 Å². The molecule has 1 atom stereocenters. The maximum absolute atomic E-state index is 12.4. The van der Waals surface area contributed by atoms with Gasteiger partial charge in [-0.2, -0.15) is 0 Å². The molecule has 0 aliphatic heterocycles. The number of fused-ring (bicyclic) bond motifs is 2. The van der Waals surface area contributed by atoms with Crippen LogP contribution in [0.4, 0.5) is 0 Å². The van der Waals surface area contributed by atoms with Crippen LogP contribution >= 0.6 is 0 Å². The smallest absolute Gasteiger partial charge is 0.304 e. The van der Waals surface area contributed by atoms with Gasteiger partial charge in [0.15, 0.2) is 6.61 Å². The second-order valence-electron chi connectivity index (χ2n) is 9.68. The molecule has 3 aromatic carbocycles. The second kappa shape index (κ2) is 10.9. The zero-order valence-corrected chi connectivity index (χ0v) is 20.2. The highest BCUT2D eigenvalue weighted by molar-refractivity contribution is 5.86. The number of ether oxygens (including phenoxy) is 1. The summed E-state index contributed by atoms with van der Waals surface area (Å²) >= 11 is 0. The minimum absolute atomic E-state index is 0.0198. The van der Waals surface area contributed by atoms with Gasteiger partial charge in [-0.05, 0) is 65.1 Å². The summed E-state index contributed by atoms with van der Waals surface area (Å²) in [6.07, 6.45) is 8.50. The highest BCUT2D eigenvalue weighted by Gasteiger charge is 2.20. The van der Waals surface area contributed by atoms with Crippen LogP contribution in [-0.2, 0) is 9.59 Å². The van der Waals surface area contributed by atoms with Crippen LogP contribution in [0.3, 0.4) is 0 Å². The molecule has 6 heteroatoms. The number of carbonyl (C=O) groups excluding carboxylic acids is 1. The van der Waals surface area contributed by atoms with E-state index in [2.05, 4.69) is 5.32 Å². The third-order valence-corrected chi connectivity index (χ3v) is 7.09. The number of furan rings is 1. The predicted molar refractivity (Wildman–Crippen MR) is 139 cm³/mol. The minimum Gasteiger partial charge on any atom is -0.484 e. The lowest BCUT2D eigenvalue weighted by atomic mass is 9.87. The van der Waals surface area contributed by atoms with Crippen molar-refractivity contribution in [2.24, 2.45) is 0 Å². The number of hydrogen-bond donors (Lipinski definition) is 2. The zero-order valence-electron chi connectivity index (χ0n) is 20.2. The van der Waals surface area contributed by atoms with Crippen LogP contribution in [-0.4, -0.2) is 29.6 Å². The van der Waals surface area contributed by atoms with Crippen LogP contribution in [0.1, 0.15) is 62.0 Å². The van der Waals surface area contributed by atoms with Gasteiger partial charge in [-0.1, -0.05) is 56.0 Å². The molecule has 0 radical (unpaired) electrons. The van der Waals surface area contributed by atoms with Gasteiger partial charge in [0.05, 0.1) is 12.7 Å². The van der Waals surface area contributed by atoms with E-state index in [0.717, 1.165) is 58.6 Å². The first-order chi connectivity index (χ1) is 17.5. The fourth-order valence-electron chi connectivity index (χ4n) is 5.20. The Morgan fingerprint density at radius 2 is 1.61 bits per heavy atom. The zero-order chi connectivity index (χ0) is 24.9. The summed E-state index contributed by atoms with van der Waals surface area (Å²) < 4.78 is 11.3. The monoisotopic (exact) mass is 485 g/mol. The Hall–Kier alpha value is -3.80. The van der Waals surface area contributed by atoms with Crippen LogP contribution in [0, 0.1) is 0 Å². The number of hydrogen-bond acceptors (Lipinski definition) is 4. The Labute approximate surface area is 210 Å². The summed E-state index contributed by atoms with van der Waals surface area (Å²) in [6.45, 7) is -0.0198. The Morgan fingerprint density at radius 3 is 2.39 bits per heavy atom. The summed E-state index contributed by atoms with van der Waals surface area (Å²) in [5.41, 5.74) is 2.61. The largest absolute Gasteiger partial charge is 0.484 e. The first-order valence-corrected chi connectivity index (χ1v) is 12.7. The molecule has 0 spiro atoms. The van der Waals surface area contributed by atoms with E-state index in [4.69, 9.17) is 9.15 Å². The Bertz CT molecular complexity index is 1370. The molecule has 0 bridgehead atoms. The number of carbonyl (C=O) groups is 2. The van der Waals surface area contributed by atoms with Crippen molar-refractivity contribution in [1.82, 2.24) is 5.32 Å². The van der Waals surface area contributed by atoms with E-state index in [1.165, 1.54) is 12.8 Å². The van der Waals surface area contributed by atoms with Gasteiger partial charge in [-0.3, -0.25) is 9.59 Å². The van der Waals surface area contributed by atoms with Crippen LogP contribution in [0.25, 0.3) is 21.7 Å². The molecule has 4 aromatic rings. The predicted octanol–water partition coefficient (Wildman–Crippen LogP) is 6.41. The van der Waals surface area contributed by atoms with Crippen LogP contribution in [0.2, 0.25) is 0 Å². The number of carboxylic acid groups (broad SMARTS) is 1. The average molecular weight is 486 g/mol. The standard InChI is InChI=1S/C30H31NO5/c32-29(31-25-5-3-1-2-4-6-25)19-36-26-11-9-20-7-8-21(16-24(20)17-26)27(18-30(33)34)22-10-12-28-23(15-22)13-14-35-28/h7-17,25,27H,1-6,18-19H2,(H,31,32)(H,33,34). The number of amides is 1. The topological polar surface area (TPSA) is 88.8 Å². The maximum atomic E-state index is 12.4. The average Bonchev–Trinajstić information content (AvgIpc) is 3.20. The first-order valence-electron chi connectivity index (χ1n) is 12.7. The Kier molecular flexibility index (Phi) is 7.21. The van der Waals surface area contributed by atoms with E-state index in [9.17, 15) is 14.7 Å². The molecular formula is C30H31NO5. The summed E-state index contributed by atoms with van der Waals surface area (Å²) in [4.78, 5) is 24.2. The molecule has 1 saturated carbocycles. The third-order valence-electron chi connectivity index (χ3n) is 7.09. The van der Waals surface area contributed by atoms with E-state index in [0.29, 0.717) is 5.75 Å². The number of carboxylic acids is 1. The summed E-state index contributed by atoms with van der Waals surface area (Å²) in [5.74, 6) is -0.637. The molecule has 1 heterocycles. The van der Waals surface area contributed by atoms with Crippen LogP contribution < -0.4 is 10.1 Å². The fraction of sp³-hybridized carbons (Fsp3) is 0.333. The van der Waals surface area contributed by atoms with Crippen LogP contribution in [0.5, 0.6) is 5.75 Å². The molecule has 1 fully saturated rings. The molecule has 6 nitrogen and oxygen atoms in total. The van der Waals surface area contributed by atoms with Crippen molar-refractivity contribution in [3.05, 3.63) is 78.1 Å². The van der Waals surface area contributed by atoms with Gasteiger partial charge in [0.25, 0.3) is 5.91 Å². The van der Waals surface area contributed by atoms with Gasteiger partial charge >= 0.3 is 5.97 Å². The number of aliphatic carboxylic acids is 1. The maximum Gasteiger partial charge on any atom is 0.304 e. The van der Waals surface area contributed by atoms with Gasteiger partial charge in [-0.15, -0.1) is 0 Å². The molecule has 1 unspecified atom stereocenters. The summed E-state index contributed by atoms with van der Waals surface area (Å²) in [6, 6.07) is 19.7. The highest BCUT2D eigenvalue weighted by atomic mass is 16.5. The van der Waals surface area contributed by atoms with Gasteiger partial charge in [0.2, 0.25) is 0 Å². The molecule has 1 aromatic heterocycles. The van der Waals surface area contributed by atoms with Crippen molar-refractivity contribution in [2.45, 2.75) is 56.9 Å². The van der Waals surface area contributed by atoms with Crippen molar-refractivity contribution in [2.75, 3.05) is 6.61 Å². The quantitative estimate of drug-likeness (QED) is 0.282. The van der Waals surface area contributed by atoms with E-state index in [1.807, 2.05) is 60.7 Å².